The monoisotopic (exact) mass is 297 g/mol. The molecule has 1 aliphatic rings. The summed E-state index contributed by atoms with van der Waals surface area (Å²) in [4.78, 5) is 14.6. The van der Waals surface area contributed by atoms with Crippen LogP contribution in [-0.2, 0) is 15.1 Å². The van der Waals surface area contributed by atoms with Crippen LogP contribution in [0.2, 0.25) is 0 Å². The standard InChI is InChI=1S/C18H19NO3/c1-3-22-17(20)18(14-9-11-16(21-2)12-10-14)13-19(18)15-7-5-4-6-8-15/h4-12H,3,13H2,1-2H3. The van der Waals surface area contributed by atoms with Crippen molar-refractivity contribution in [3.63, 3.8) is 0 Å². The first kappa shape index (κ1) is 14.4. The summed E-state index contributed by atoms with van der Waals surface area (Å²) in [5, 5.41) is 0. The van der Waals surface area contributed by atoms with Crippen LogP contribution < -0.4 is 9.64 Å². The van der Waals surface area contributed by atoms with Gasteiger partial charge in [0.2, 0.25) is 0 Å². The van der Waals surface area contributed by atoms with E-state index in [1.54, 1.807) is 7.11 Å². The zero-order chi connectivity index (χ0) is 15.6. The van der Waals surface area contributed by atoms with Crippen LogP contribution in [0.5, 0.6) is 5.75 Å². The highest BCUT2D eigenvalue weighted by molar-refractivity contribution is 5.93. The van der Waals surface area contributed by atoms with E-state index in [0.717, 1.165) is 17.0 Å². The van der Waals surface area contributed by atoms with Gasteiger partial charge < -0.3 is 14.4 Å². The molecule has 1 saturated heterocycles. The topological polar surface area (TPSA) is 38.5 Å². The number of ether oxygens (including phenoxy) is 2. The highest BCUT2D eigenvalue weighted by Gasteiger charge is 2.61. The number of anilines is 1. The second-order valence-electron chi connectivity index (χ2n) is 5.23. The molecule has 2 aromatic rings. The first-order chi connectivity index (χ1) is 10.7. The van der Waals surface area contributed by atoms with Crippen molar-refractivity contribution in [1.82, 2.24) is 0 Å². The summed E-state index contributed by atoms with van der Waals surface area (Å²) in [5.41, 5.74) is 1.23. The molecule has 1 heterocycles. The van der Waals surface area contributed by atoms with Gasteiger partial charge in [0.1, 0.15) is 5.75 Å². The SMILES string of the molecule is CCOC(=O)C1(c2ccc(OC)cc2)CN1c1ccccc1. The summed E-state index contributed by atoms with van der Waals surface area (Å²) in [5.74, 6) is 0.568. The van der Waals surface area contributed by atoms with Gasteiger partial charge in [0, 0.05) is 5.69 Å². The van der Waals surface area contributed by atoms with Crippen LogP contribution in [0.25, 0.3) is 0 Å². The number of hydrogen-bond acceptors (Lipinski definition) is 4. The van der Waals surface area contributed by atoms with Gasteiger partial charge in [0.05, 0.1) is 20.3 Å². The van der Waals surface area contributed by atoms with Crippen molar-refractivity contribution in [2.45, 2.75) is 12.5 Å². The largest absolute Gasteiger partial charge is 0.497 e. The quantitative estimate of drug-likeness (QED) is 0.628. The summed E-state index contributed by atoms with van der Waals surface area (Å²) in [6.07, 6.45) is 0. The summed E-state index contributed by atoms with van der Waals surface area (Å²) in [6.45, 7) is 2.83. The van der Waals surface area contributed by atoms with Crippen molar-refractivity contribution >= 4 is 11.7 Å². The van der Waals surface area contributed by atoms with E-state index in [9.17, 15) is 4.79 Å². The van der Waals surface area contributed by atoms with E-state index >= 15 is 0 Å². The van der Waals surface area contributed by atoms with E-state index < -0.39 is 5.54 Å². The van der Waals surface area contributed by atoms with Crippen LogP contribution in [0.4, 0.5) is 5.69 Å². The molecule has 0 spiro atoms. The molecular formula is C18H19NO3. The average Bonchev–Trinajstić information content (AvgIpc) is 3.33. The molecule has 3 rings (SSSR count). The number of carbonyl (C=O) groups excluding carboxylic acids is 1. The Morgan fingerprint density at radius 1 is 1.14 bits per heavy atom. The van der Waals surface area contributed by atoms with Crippen molar-refractivity contribution in [2.24, 2.45) is 0 Å². The highest BCUT2D eigenvalue weighted by Crippen LogP contribution is 2.47. The first-order valence-corrected chi connectivity index (χ1v) is 7.37. The fourth-order valence-corrected chi connectivity index (χ4v) is 2.77. The summed E-state index contributed by atoms with van der Waals surface area (Å²) < 4.78 is 10.5. The average molecular weight is 297 g/mol. The third-order valence-corrected chi connectivity index (χ3v) is 3.99. The number of nitrogens with zero attached hydrogens (tertiary/aromatic N) is 1. The molecule has 0 N–H and O–H groups in total. The predicted molar refractivity (Wildman–Crippen MR) is 85.1 cm³/mol. The summed E-state index contributed by atoms with van der Waals surface area (Å²) in [7, 11) is 1.63. The predicted octanol–water partition coefficient (Wildman–Crippen LogP) is 2.97. The molecule has 0 radical (unpaired) electrons. The second-order valence-corrected chi connectivity index (χ2v) is 5.23. The number of para-hydroxylation sites is 1. The fourth-order valence-electron chi connectivity index (χ4n) is 2.77. The minimum Gasteiger partial charge on any atom is -0.497 e. The van der Waals surface area contributed by atoms with Crippen molar-refractivity contribution in [2.75, 3.05) is 25.2 Å². The lowest BCUT2D eigenvalue weighted by Gasteiger charge is -2.18. The molecular weight excluding hydrogens is 278 g/mol. The molecule has 4 nitrogen and oxygen atoms in total. The van der Waals surface area contributed by atoms with Gasteiger partial charge in [-0.15, -0.1) is 0 Å². The number of benzene rings is 2. The van der Waals surface area contributed by atoms with E-state index in [1.807, 2.05) is 61.5 Å². The smallest absolute Gasteiger partial charge is 0.338 e. The Kier molecular flexibility index (Phi) is 3.75. The maximum atomic E-state index is 12.6. The zero-order valence-electron chi connectivity index (χ0n) is 12.8. The van der Waals surface area contributed by atoms with Crippen molar-refractivity contribution in [1.29, 1.82) is 0 Å². The lowest BCUT2D eigenvalue weighted by atomic mass is 9.98. The van der Waals surface area contributed by atoms with E-state index in [1.165, 1.54) is 0 Å². The Balaban J connectivity index is 1.97. The minimum atomic E-state index is -0.719. The molecule has 0 aliphatic carbocycles. The lowest BCUT2D eigenvalue weighted by Crippen LogP contribution is -2.29. The lowest BCUT2D eigenvalue weighted by molar-refractivity contribution is -0.146. The molecule has 22 heavy (non-hydrogen) atoms. The van der Waals surface area contributed by atoms with E-state index in [-0.39, 0.29) is 5.97 Å². The van der Waals surface area contributed by atoms with Crippen LogP contribution in [0.1, 0.15) is 12.5 Å². The number of methoxy groups -OCH3 is 1. The van der Waals surface area contributed by atoms with Crippen molar-refractivity contribution in [3.05, 3.63) is 60.2 Å². The van der Waals surface area contributed by atoms with Crippen LogP contribution in [0, 0.1) is 0 Å². The van der Waals surface area contributed by atoms with E-state index in [2.05, 4.69) is 4.90 Å². The van der Waals surface area contributed by atoms with Crippen LogP contribution >= 0.6 is 0 Å². The van der Waals surface area contributed by atoms with E-state index in [0.29, 0.717) is 13.2 Å². The molecule has 2 aromatic carbocycles. The maximum absolute atomic E-state index is 12.6. The molecule has 0 aromatic heterocycles. The Labute approximate surface area is 130 Å². The molecule has 0 amide bonds. The molecule has 4 heteroatoms. The molecule has 1 unspecified atom stereocenters. The number of hydrogen-bond donors (Lipinski definition) is 0. The molecule has 114 valence electrons. The van der Waals surface area contributed by atoms with Gasteiger partial charge in [-0.1, -0.05) is 30.3 Å². The normalized spacial score (nSPS) is 19.6. The Morgan fingerprint density at radius 2 is 1.82 bits per heavy atom. The summed E-state index contributed by atoms with van der Waals surface area (Å²) in [6, 6.07) is 17.5. The first-order valence-electron chi connectivity index (χ1n) is 7.37. The van der Waals surface area contributed by atoms with Gasteiger partial charge in [0.25, 0.3) is 0 Å². The fraction of sp³-hybridized carbons (Fsp3) is 0.278. The van der Waals surface area contributed by atoms with Gasteiger partial charge in [-0.2, -0.15) is 0 Å². The van der Waals surface area contributed by atoms with Gasteiger partial charge >= 0.3 is 5.97 Å². The van der Waals surface area contributed by atoms with E-state index in [4.69, 9.17) is 9.47 Å². The van der Waals surface area contributed by atoms with Crippen LogP contribution in [0.3, 0.4) is 0 Å². The third kappa shape index (κ3) is 2.30. The summed E-state index contributed by atoms with van der Waals surface area (Å²) >= 11 is 0. The number of carbonyl (C=O) groups is 1. The molecule has 1 aliphatic heterocycles. The van der Waals surface area contributed by atoms with Gasteiger partial charge in [0.15, 0.2) is 5.54 Å². The number of rotatable bonds is 5. The Morgan fingerprint density at radius 3 is 2.41 bits per heavy atom. The third-order valence-electron chi connectivity index (χ3n) is 3.99. The zero-order valence-corrected chi connectivity index (χ0v) is 12.8. The van der Waals surface area contributed by atoms with Crippen molar-refractivity contribution < 1.29 is 14.3 Å². The Hall–Kier alpha value is -2.49. The van der Waals surface area contributed by atoms with Crippen molar-refractivity contribution in [3.8, 4) is 5.75 Å². The molecule has 0 saturated carbocycles. The molecule has 1 atom stereocenters. The molecule has 1 fully saturated rings. The molecule has 0 bridgehead atoms. The maximum Gasteiger partial charge on any atom is 0.338 e. The van der Waals surface area contributed by atoms with Gasteiger partial charge in [-0.3, -0.25) is 0 Å². The van der Waals surface area contributed by atoms with Crippen LogP contribution in [-0.4, -0.2) is 26.2 Å². The van der Waals surface area contributed by atoms with Gasteiger partial charge in [-0.05, 0) is 36.8 Å². The number of esters is 1. The Bertz CT molecular complexity index is 654. The minimum absolute atomic E-state index is 0.205. The highest BCUT2D eigenvalue weighted by atomic mass is 16.5. The second kappa shape index (κ2) is 5.72. The van der Waals surface area contributed by atoms with Gasteiger partial charge in [-0.25, -0.2) is 4.79 Å². The van der Waals surface area contributed by atoms with Crippen LogP contribution in [0.15, 0.2) is 54.6 Å².